The van der Waals surface area contributed by atoms with Gasteiger partial charge in [-0.1, -0.05) is 41.9 Å². The van der Waals surface area contributed by atoms with Gasteiger partial charge in [0, 0.05) is 5.75 Å². The third-order valence-corrected chi connectivity index (χ3v) is 6.83. The number of nitrogens with one attached hydrogen (secondary N) is 1. The molecule has 0 bridgehead atoms. The largest absolute Gasteiger partial charge is 0.477 e. The summed E-state index contributed by atoms with van der Waals surface area (Å²) in [5.41, 5.74) is -0.107. The highest BCUT2D eigenvalue weighted by molar-refractivity contribution is 8.00. The van der Waals surface area contributed by atoms with Gasteiger partial charge in [0.1, 0.15) is 23.2 Å². The molecule has 1 aromatic rings. The van der Waals surface area contributed by atoms with Crippen LogP contribution in [0.3, 0.4) is 0 Å². The van der Waals surface area contributed by atoms with Crippen molar-refractivity contribution >= 4 is 41.1 Å². The highest BCUT2D eigenvalue weighted by Gasteiger charge is 2.62. The van der Waals surface area contributed by atoms with Gasteiger partial charge in [0.2, 0.25) is 5.91 Å². The Kier molecular flexibility index (Phi) is 4.25. The van der Waals surface area contributed by atoms with Gasteiger partial charge < -0.3 is 10.0 Å². The number of thioether (sulfide) groups is 1. The minimum atomic E-state index is -1.23. The molecular weight excluding hydrogens is 390 g/mol. The summed E-state index contributed by atoms with van der Waals surface area (Å²) in [7, 11) is 0. The van der Waals surface area contributed by atoms with Crippen molar-refractivity contribution in [1.82, 2.24) is 15.1 Å². The smallest absolute Gasteiger partial charge is 0.353 e. The molecule has 0 aromatic heterocycles. The Labute approximate surface area is 165 Å². The van der Waals surface area contributed by atoms with Gasteiger partial charge in [0.05, 0.1) is 10.7 Å². The van der Waals surface area contributed by atoms with Gasteiger partial charge in [-0.05, 0) is 19.4 Å². The van der Waals surface area contributed by atoms with Crippen molar-refractivity contribution in [3.8, 4) is 0 Å². The zero-order chi connectivity index (χ0) is 19.5. The van der Waals surface area contributed by atoms with Gasteiger partial charge in [0.25, 0.3) is 5.91 Å². The maximum Gasteiger partial charge on any atom is 0.353 e. The van der Waals surface area contributed by atoms with Gasteiger partial charge in [-0.2, -0.15) is 0 Å². The van der Waals surface area contributed by atoms with E-state index in [2.05, 4.69) is 5.32 Å². The summed E-state index contributed by atoms with van der Waals surface area (Å²) >= 11 is 7.39. The molecule has 3 aliphatic heterocycles. The highest BCUT2D eigenvalue weighted by atomic mass is 35.5. The van der Waals surface area contributed by atoms with Crippen molar-refractivity contribution in [1.29, 1.82) is 0 Å². The van der Waals surface area contributed by atoms with Gasteiger partial charge in [-0.25, -0.2) is 4.79 Å². The Bertz CT molecular complexity index is 873. The average Bonchev–Trinajstić information content (AvgIpc) is 2.86. The van der Waals surface area contributed by atoms with Crippen LogP contribution in [0.2, 0.25) is 0 Å². The van der Waals surface area contributed by atoms with Crippen LogP contribution in [-0.2, 0) is 14.4 Å². The molecule has 0 radical (unpaired) electrons. The number of β-lactam (4-membered cyclic amide) rings is 1. The van der Waals surface area contributed by atoms with E-state index in [0.29, 0.717) is 5.75 Å². The van der Waals surface area contributed by atoms with E-state index in [9.17, 15) is 19.5 Å². The van der Waals surface area contributed by atoms with Crippen LogP contribution >= 0.6 is 23.4 Å². The number of hydrogen-bond acceptors (Lipinski definition) is 5. The summed E-state index contributed by atoms with van der Waals surface area (Å²) in [6, 6.07) is 8.06. The van der Waals surface area contributed by atoms with Crippen molar-refractivity contribution < 1.29 is 19.5 Å². The van der Waals surface area contributed by atoms with Gasteiger partial charge in [0.15, 0.2) is 0 Å². The van der Waals surface area contributed by atoms with Crippen molar-refractivity contribution in [2.75, 3.05) is 5.75 Å². The molecule has 2 amide bonds. The number of benzene rings is 1. The lowest BCUT2D eigenvalue weighted by Gasteiger charge is -2.54. The first-order chi connectivity index (χ1) is 12.7. The molecule has 4 rings (SSSR count). The molecule has 0 saturated carbocycles. The van der Waals surface area contributed by atoms with E-state index in [1.165, 1.54) is 16.7 Å². The maximum atomic E-state index is 13.2. The molecule has 9 heteroatoms. The van der Waals surface area contributed by atoms with Crippen LogP contribution in [0.15, 0.2) is 41.1 Å². The second-order valence-corrected chi connectivity index (χ2v) is 8.73. The molecule has 1 aromatic carbocycles. The van der Waals surface area contributed by atoms with Gasteiger partial charge >= 0.3 is 5.97 Å². The number of rotatable bonds is 3. The van der Waals surface area contributed by atoms with Crippen LogP contribution in [0.25, 0.3) is 0 Å². The van der Waals surface area contributed by atoms with Crippen LogP contribution in [0, 0.1) is 0 Å². The second kappa shape index (κ2) is 6.25. The van der Waals surface area contributed by atoms with Crippen molar-refractivity contribution in [3.05, 3.63) is 46.6 Å². The first-order valence-corrected chi connectivity index (χ1v) is 9.89. The summed E-state index contributed by atoms with van der Waals surface area (Å²) in [6.07, 6.45) is 0. The molecule has 3 heterocycles. The fourth-order valence-electron chi connectivity index (χ4n) is 3.92. The lowest BCUT2D eigenvalue weighted by Crippen LogP contribution is -2.73. The normalized spacial score (nSPS) is 29.7. The molecule has 0 spiro atoms. The van der Waals surface area contributed by atoms with E-state index in [4.69, 9.17) is 11.6 Å². The molecule has 2 saturated heterocycles. The van der Waals surface area contributed by atoms with E-state index in [0.717, 1.165) is 5.56 Å². The van der Waals surface area contributed by atoms with Crippen molar-refractivity contribution in [3.63, 3.8) is 0 Å². The molecule has 27 heavy (non-hydrogen) atoms. The lowest BCUT2D eigenvalue weighted by atomic mass is 10.00. The number of carboxylic acids is 1. The van der Waals surface area contributed by atoms with Crippen LogP contribution < -0.4 is 5.32 Å². The van der Waals surface area contributed by atoms with E-state index in [-0.39, 0.29) is 16.6 Å². The zero-order valence-electron chi connectivity index (χ0n) is 14.7. The molecule has 2 fully saturated rings. The Morgan fingerprint density at radius 2 is 1.93 bits per heavy atom. The van der Waals surface area contributed by atoms with Crippen LogP contribution in [0.4, 0.5) is 0 Å². The molecule has 0 aliphatic carbocycles. The number of carbonyl (C=O) groups is 3. The first-order valence-electron chi connectivity index (χ1n) is 8.46. The lowest BCUT2D eigenvalue weighted by molar-refractivity contribution is -0.162. The molecule has 1 unspecified atom stereocenters. The van der Waals surface area contributed by atoms with Gasteiger partial charge in [-0.15, -0.1) is 11.8 Å². The van der Waals surface area contributed by atoms with Crippen LogP contribution in [0.1, 0.15) is 25.5 Å². The Morgan fingerprint density at radius 1 is 1.26 bits per heavy atom. The summed E-state index contributed by atoms with van der Waals surface area (Å²) < 4.78 is 0. The Hall–Kier alpha value is -2.03. The second-order valence-electron chi connectivity index (χ2n) is 7.17. The molecule has 7 nitrogen and oxygen atoms in total. The number of amides is 2. The number of carbonyl (C=O) groups excluding carboxylic acids is 2. The number of nitrogens with zero attached hydrogens (tertiary/aromatic N) is 2. The summed E-state index contributed by atoms with van der Waals surface area (Å²) in [5.74, 6) is -1.54. The standard InChI is InChI=1S/C18H18ClN3O4S/c1-18(2)20-11(9-6-4-3-5-7-9)14(23)22(18)13-15(24)21-12(17(25)26)10(19)8-27-16(13)21/h3-7,11,13,16,20H,8H2,1-2H3,(H,25,26)/t11?,13-,16+/m1/s1. The van der Waals surface area contributed by atoms with E-state index in [1.54, 1.807) is 4.90 Å². The van der Waals surface area contributed by atoms with E-state index >= 15 is 0 Å². The van der Waals surface area contributed by atoms with Crippen molar-refractivity contribution in [2.24, 2.45) is 0 Å². The molecule has 3 atom stereocenters. The van der Waals surface area contributed by atoms with Gasteiger partial charge in [-0.3, -0.25) is 19.8 Å². The number of fused-ring (bicyclic) bond motifs is 1. The SMILES string of the molecule is CC1(C)NC(c2ccccc2)C(=O)N1[C@@H]1C(=O)N2C(C(=O)O)=C(Cl)CS[C@@H]12. The third kappa shape index (κ3) is 2.66. The predicted molar refractivity (Wildman–Crippen MR) is 101 cm³/mol. The Morgan fingerprint density at radius 3 is 2.56 bits per heavy atom. The first kappa shape index (κ1) is 18.3. The van der Waals surface area contributed by atoms with Crippen molar-refractivity contribution in [2.45, 2.75) is 37.0 Å². The number of hydrogen-bond donors (Lipinski definition) is 2. The Balaban J connectivity index is 1.66. The topological polar surface area (TPSA) is 90.0 Å². The van der Waals surface area contributed by atoms with E-state index < -0.39 is 35.0 Å². The fourth-order valence-corrected chi connectivity index (χ4v) is 5.52. The fraction of sp³-hybridized carbons (Fsp3) is 0.389. The molecular formula is C18H18ClN3O4S. The minimum absolute atomic E-state index is 0.142. The maximum absolute atomic E-state index is 13.2. The van der Waals surface area contributed by atoms with Crippen LogP contribution in [0.5, 0.6) is 0 Å². The third-order valence-electron chi connectivity index (χ3n) is 5.09. The summed E-state index contributed by atoms with van der Waals surface area (Å²) in [6.45, 7) is 3.69. The molecule has 3 aliphatic rings. The summed E-state index contributed by atoms with van der Waals surface area (Å²) in [4.78, 5) is 40.3. The number of halogens is 1. The average molecular weight is 408 g/mol. The number of carboxylic acid groups (broad SMARTS) is 1. The quantitative estimate of drug-likeness (QED) is 0.741. The molecule has 2 N–H and O–H groups in total. The highest BCUT2D eigenvalue weighted by Crippen LogP contribution is 2.46. The molecule has 142 valence electrons. The predicted octanol–water partition coefficient (Wildman–Crippen LogP) is 1.71. The minimum Gasteiger partial charge on any atom is -0.477 e. The summed E-state index contributed by atoms with van der Waals surface area (Å²) in [5, 5.41) is 12.4. The monoisotopic (exact) mass is 407 g/mol. The number of aliphatic carboxylic acids is 1. The van der Waals surface area contributed by atoms with Crippen LogP contribution in [-0.4, -0.2) is 55.5 Å². The zero-order valence-corrected chi connectivity index (χ0v) is 16.3. The van der Waals surface area contributed by atoms with E-state index in [1.807, 2.05) is 44.2 Å².